The molecule has 0 atom stereocenters. The summed E-state index contributed by atoms with van der Waals surface area (Å²) in [6, 6.07) is 7.57. The lowest BCUT2D eigenvalue weighted by Gasteiger charge is -2.11. The first-order chi connectivity index (χ1) is 11.0. The Labute approximate surface area is 131 Å². The molecule has 1 aromatic heterocycles. The van der Waals surface area contributed by atoms with Gasteiger partial charge in [0.2, 0.25) is 0 Å². The lowest BCUT2D eigenvalue weighted by molar-refractivity contribution is -0.384. The fraction of sp³-hybridized carbons (Fsp3) is 0.333. The van der Waals surface area contributed by atoms with Crippen molar-refractivity contribution in [1.29, 1.82) is 0 Å². The van der Waals surface area contributed by atoms with Crippen molar-refractivity contribution in [2.75, 3.05) is 13.2 Å². The lowest BCUT2D eigenvalue weighted by atomic mass is 10.1. The van der Waals surface area contributed by atoms with Crippen molar-refractivity contribution in [3.63, 3.8) is 0 Å². The Morgan fingerprint density at radius 2 is 2.22 bits per heavy atom. The number of rotatable bonds is 6. The molecule has 120 valence electrons. The number of hydrogen-bond donors (Lipinski definition) is 2. The second kappa shape index (κ2) is 5.81. The maximum atomic E-state index is 12.1. The van der Waals surface area contributed by atoms with E-state index in [0.717, 1.165) is 12.8 Å². The van der Waals surface area contributed by atoms with Crippen LogP contribution in [0.5, 0.6) is 0 Å². The summed E-state index contributed by atoms with van der Waals surface area (Å²) in [7, 11) is 0. The molecular formula is C15H16N4O4. The van der Waals surface area contributed by atoms with Gasteiger partial charge in [0.15, 0.2) is 5.69 Å². The van der Waals surface area contributed by atoms with Gasteiger partial charge in [0, 0.05) is 30.3 Å². The maximum Gasteiger partial charge on any atom is 0.271 e. The largest absolute Gasteiger partial charge is 0.396 e. The first kappa shape index (κ1) is 15.2. The molecule has 0 saturated heterocycles. The first-order valence-corrected chi connectivity index (χ1v) is 7.23. The Balaban J connectivity index is 1.71. The van der Waals surface area contributed by atoms with Crippen LogP contribution in [0, 0.1) is 15.5 Å². The number of benzene rings is 1. The molecule has 0 spiro atoms. The van der Waals surface area contributed by atoms with E-state index in [2.05, 4.69) is 10.4 Å². The molecule has 2 N–H and O–H groups in total. The molecule has 1 heterocycles. The molecule has 0 bridgehead atoms. The van der Waals surface area contributed by atoms with E-state index in [-0.39, 0.29) is 29.3 Å². The summed E-state index contributed by atoms with van der Waals surface area (Å²) in [4.78, 5) is 22.4. The quantitative estimate of drug-likeness (QED) is 0.616. The number of carbonyl (C=O) groups is 1. The van der Waals surface area contributed by atoms with Crippen LogP contribution in [0.2, 0.25) is 0 Å². The van der Waals surface area contributed by atoms with E-state index in [1.165, 1.54) is 16.8 Å². The minimum atomic E-state index is -0.482. The summed E-state index contributed by atoms with van der Waals surface area (Å²) in [5, 5.41) is 27.0. The zero-order valence-electron chi connectivity index (χ0n) is 12.3. The number of amides is 1. The van der Waals surface area contributed by atoms with Crippen LogP contribution in [0.25, 0.3) is 5.69 Å². The summed E-state index contributed by atoms with van der Waals surface area (Å²) in [6.45, 7) is 0.488. The number of nitrogens with one attached hydrogen (secondary N) is 1. The average Bonchev–Trinajstić information content (AvgIpc) is 3.18. The highest BCUT2D eigenvalue weighted by molar-refractivity contribution is 5.92. The third kappa shape index (κ3) is 3.21. The van der Waals surface area contributed by atoms with Gasteiger partial charge < -0.3 is 10.4 Å². The molecule has 1 aliphatic rings. The predicted molar refractivity (Wildman–Crippen MR) is 81.3 cm³/mol. The third-order valence-corrected chi connectivity index (χ3v) is 4.04. The standard InChI is InChI=1S/C15H16N4O4/c20-10-15(5-6-15)9-16-14(21)13-4-7-18(17-13)11-2-1-3-12(8-11)19(22)23/h1-4,7-8,20H,5-6,9-10H2,(H,16,21). The molecule has 8 heteroatoms. The summed E-state index contributed by atoms with van der Waals surface area (Å²) in [6.07, 6.45) is 3.39. The molecule has 0 aliphatic heterocycles. The van der Waals surface area contributed by atoms with Gasteiger partial charge in [0.1, 0.15) is 0 Å². The van der Waals surface area contributed by atoms with E-state index < -0.39 is 4.92 Å². The first-order valence-electron chi connectivity index (χ1n) is 7.23. The van der Waals surface area contributed by atoms with Gasteiger partial charge in [-0.05, 0) is 25.0 Å². The van der Waals surface area contributed by atoms with Crippen LogP contribution in [0.4, 0.5) is 5.69 Å². The van der Waals surface area contributed by atoms with E-state index in [9.17, 15) is 20.0 Å². The number of aromatic nitrogens is 2. The number of hydrogen-bond acceptors (Lipinski definition) is 5. The van der Waals surface area contributed by atoms with Gasteiger partial charge in [-0.3, -0.25) is 14.9 Å². The molecule has 0 radical (unpaired) electrons. The maximum absolute atomic E-state index is 12.1. The third-order valence-electron chi connectivity index (χ3n) is 4.04. The number of nitro groups is 1. The van der Waals surface area contributed by atoms with E-state index in [4.69, 9.17) is 0 Å². The molecule has 8 nitrogen and oxygen atoms in total. The molecule has 3 rings (SSSR count). The van der Waals surface area contributed by atoms with Gasteiger partial charge >= 0.3 is 0 Å². The number of non-ortho nitro benzene ring substituents is 1. The molecule has 23 heavy (non-hydrogen) atoms. The number of nitrogens with zero attached hydrogens (tertiary/aromatic N) is 3. The van der Waals surface area contributed by atoms with Crippen LogP contribution in [-0.2, 0) is 0 Å². The van der Waals surface area contributed by atoms with Crippen LogP contribution >= 0.6 is 0 Å². The van der Waals surface area contributed by atoms with Gasteiger partial charge in [-0.1, -0.05) is 6.07 Å². The molecule has 1 aromatic carbocycles. The average molecular weight is 316 g/mol. The predicted octanol–water partition coefficient (Wildman–Crippen LogP) is 1.28. The van der Waals surface area contributed by atoms with Crippen molar-refractivity contribution in [3.8, 4) is 5.69 Å². The van der Waals surface area contributed by atoms with E-state index in [1.807, 2.05) is 0 Å². The summed E-state index contributed by atoms with van der Waals surface area (Å²) < 4.78 is 1.42. The van der Waals surface area contributed by atoms with Crippen molar-refractivity contribution < 1.29 is 14.8 Å². The molecule has 1 saturated carbocycles. The summed E-state index contributed by atoms with van der Waals surface area (Å²) in [5.41, 5.74) is 0.526. The van der Waals surface area contributed by atoms with Crippen molar-refractivity contribution in [2.24, 2.45) is 5.41 Å². The molecule has 1 aliphatic carbocycles. The van der Waals surface area contributed by atoms with Crippen molar-refractivity contribution in [3.05, 3.63) is 52.3 Å². The zero-order chi connectivity index (χ0) is 16.4. The fourth-order valence-electron chi connectivity index (χ4n) is 2.26. The molecule has 1 amide bonds. The topological polar surface area (TPSA) is 110 Å². The Kier molecular flexibility index (Phi) is 3.83. The van der Waals surface area contributed by atoms with Crippen LogP contribution in [0.15, 0.2) is 36.5 Å². The van der Waals surface area contributed by atoms with Gasteiger partial charge in [-0.2, -0.15) is 5.10 Å². The van der Waals surface area contributed by atoms with E-state index in [1.54, 1.807) is 24.4 Å². The number of aliphatic hydroxyl groups is 1. The lowest BCUT2D eigenvalue weighted by Crippen LogP contribution is -2.32. The highest BCUT2D eigenvalue weighted by atomic mass is 16.6. The van der Waals surface area contributed by atoms with Crippen LogP contribution in [0.3, 0.4) is 0 Å². The van der Waals surface area contributed by atoms with Gasteiger partial charge in [0.25, 0.3) is 11.6 Å². The second-order valence-electron chi connectivity index (χ2n) is 5.76. The molecular weight excluding hydrogens is 300 g/mol. The minimum absolute atomic E-state index is 0.0392. The van der Waals surface area contributed by atoms with Crippen LogP contribution in [-0.4, -0.2) is 38.9 Å². The van der Waals surface area contributed by atoms with Crippen LogP contribution in [0.1, 0.15) is 23.3 Å². The Bertz CT molecular complexity index is 751. The zero-order valence-corrected chi connectivity index (χ0v) is 12.3. The smallest absolute Gasteiger partial charge is 0.271 e. The van der Waals surface area contributed by atoms with Crippen LogP contribution < -0.4 is 5.32 Å². The summed E-state index contributed by atoms with van der Waals surface area (Å²) in [5.74, 6) is -0.325. The molecule has 1 fully saturated rings. The number of nitro benzene ring substituents is 1. The van der Waals surface area contributed by atoms with E-state index >= 15 is 0 Å². The second-order valence-corrected chi connectivity index (χ2v) is 5.76. The Hall–Kier alpha value is -2.74. The van der Waals surface area contributed by atoms with Crippen molar-refractivity contribution in [1.82, 2.24) is 15.1 Å². The number of carbonyl (C=O) groups excluding carboxylic acids is 1. The fourth-order valence-corrected chi connectivity index (χ4v) is 2.26. The Morgan fingerprint density at radius 3 is 2.87 bits per heavy atom. The van der Waals surface area contributed by atoms with Gasteiger partial charge in [-0.15, -0.1) is 0 Å². The highest BCUT2D eigenvalue weighted by Gasteiger charge is 2.42. The normalized spacial score (nSPS) is 15.2. The van der Waals surface area contributed by atoms with Crippen molar-refractivity contribution in [2.45, 2.75) is 12.8 Å². The summed E-state index contributed by atoms with van der Waals surface area (Å²) >= 11 is 0. The minimum Gasteiger partial charge on any atom is -0.396 e. The highest BCUT2D eigenvalue weighted by Crippen LogP contribution is 2.44. The van der Waals surface area contributed by atoms with Gasteiger partial charge in [0.05, 0.1) is 17.2 Å². The van der Waals surface area contributed by atoms with Crippen molar-refractivity contribution >= 4 is 11.6 Å². The monoisotopic (exact) mass is 316 g/mol. The molecule has 0 unspecified atom stereocenters. The SMILES string of the molecule is O=C(NCC1(CO)CC1)c1ccn(-c2cccc([N+](=O)[O-])c2)n1. The Morgan fingerprint density at radius 1 is 1.43 bits per heavy atom. The van der Waals surface area contributed by atoms with E-state index in [0.29, 0.717) is 12.2 Å². The number of aliphatic hydroxyl groups excluding tert-OH is 1. The van der Waals surface area contributed by atoms with Gasteiger partial charge in [-0.25, -0.2) is 4.68 Å². The molecule has 2 aromatic rings.